The Morgan fingerprint density at radius 3 is 2.71 bits per heavy atom. The molecule has 2 aromatic carbocycles. The quantitative estimate of drug-likeness (QED) is 0.341. The van der Waals surface area contributed by atoms with Crippen LogP contribution in [-0.4, -0.2) is 26.4 Å². The molecule has 8 heteroatoms. The lowest BCUT2D eigenvalue weighted by Gasteiger charge is -2.09. The van der Waals surface area contributed by atoms with Gasteiger partial charge in [0.05, 0.1) is 5.75 Å². The van der Waals surface area contributed by atoms with E-state index in [0.29, 0.717) is 10.2 Å². The van der Waals surface area contributed by atoms with E-state index in [1.54, 1.807) is 23.5 Å². The molecule has 4 rings (SSSR count). The van der Waals surface area contributed by atoms with E-state index in [2.05, 4.69) is 40.0 Å². The Morgan fingerprint density at radius 2 is 1.94 bits per heavy atom. The Morgan fingerprint density at radius 1 is 1.16 bits per heavy atom. The van der Waals surface area contributed by atoms with Gasteiger partial charge in [-0.25, -0.2) is 0 Å². The summed E-state index contributed by atoms with van der Waals surface area (Å²) < 4.78 is 1.94. The summed E-state index contributed by atoms with van der Waals surface area (Å²) in [6.07, 6.45) is 0. The second-order valence-corrected chi connectivity index (χ2v) is 9.57. The molecule has 0 bridgehead atoms. The van der Waals surface area contributed by atoms with Crippen molar-refractivity contribution < 1.29 is 4.79 Å². The zero-order chi connectivity index (χ0) is 22.0. The molecule has 0 saturated carbocycles. The van der Waals surface area contributed by atoms with Crippen LogP contribution in [0.25, 0.3) is 22.5 Å². The molecule has 0 aliphatic carbocycles. The van der Waals surface area contributed by atoms with Gasteiger partial charge >= 0.3 is 0 Å². The fourth-order valence-corrected chi connectivity index (χ4v) is 5.05. The third-order valence-corrected chi connectivity index (χ3v) is 7.09. The van der Waals surface area contributed by atoms with Crippen LogP contribution in [0.3, 0.4) is 0 Å². The SMILES string of the molecule is Cc1ccc(Cl)cc1NC(=O)CSc1nnc(-c2csc(C)c2-c2ccccc2)n1C. The van der Waals surface area contributed by atoms with Crippen LogP contribution in [-0.2, 0) is 11.8 Å². The van der Waals surface area contributed by atoms with Gasteiger partial charge in [0.2, 0.25) is 5.91 Å². The van der Waals surface area contributed by atoms with Crippen LogP contribution in [0, 0.1) is 13.8 Å². The smallest absolute Gasteiger partial charge is 0.234 e. The van der Waals surface area contributed by atoms with Crippen LogP contribution in [0.5, 0.6) is 0 Å². The second-order valence-electron chi connectivity index (χ2n) is 7.11. The number of thioether (sulfide) groups is 1. The van der Waals surface area contributed by atoms with Crippen molar-refractivity contribution in [3.05, 3.63) is 69.4 Å². The van der Waals surface area contributed by atoms with Crippen molar-refractivity contribution in [1.82, 2.24) is 14.8 Å². The molecule has 4 aromatic rings. The lowest BCUT2D eigenvalue weighted by molar-refractivity contribution is -0.113. The van der Waals surface area contributed by atoms with Crippen molar-refractivity contribution in [2.24, 2.45) is 7.05 Å². The number of thiophene rings is 1. The number of aryl methyl sites for hydroxylation is 2. The first-order chi connectivity index (χ1) is 14.9. The van der Waals surface area contributed by atoms with Gasteiger partial charge in [-0.1, -0.05) is 59.8 Å². The highest BCUT2D eigenvalue weighted by Gasteiger charge is 2.19. The number of hydrogen-bond acceptors (Lipinski definition) is 5. The van der Waals surface area contributed by atoms with Gasteiger partial charge < -0.3 is 9.88 Å². The van der Waals surface area contributed by atoms with Crippen molar-refractivity contribution >= 4 is 46.3 Å². The van der Waals surface area contributed by atoms with Crippen LogP contribution < -0.4 is 5.32 Å². The summed E-state index contributed by atoms with van der Waals surface area (Å²) in [5.41, 5.74) is 5.06. The number of hydrogen-bond donors (Lipinski definition) is 1. The number of carbonyl (C=O) groups is 1. The molecule has 0 aliphatic heterocycles. The van der Waals surface area contributed by atoms with E-state index in [0.717, 1.165) is 28.2 Å². The van der Waals surface area contributed by atoms with E-state index in [9.17, 15) is 4.79 Å². The molecule has 2 aromatic heterocycles. The van der Waals surface area contributed by atoms with E-state index in [4.69, 9.17) is 11.6 Å². The molecule has 0 unspecified atom stereocenters. The zero-order valence-electron chi connectivity index (χ0n) is 17.3. The predicted molar refractivity (Wildman–Crippen MR) is 130 cm³/mol. The minimum absolute atomic E-state index is 0.115. The number of nitrogens with one attached hydrogen (secondary N) is 1. The molecule has 1 N–H and O–H groups in total. The highest BCUT2D eigenvalue weighted by molar-refractivity contribution is 7.99. The molecule has 31 heavy (non-hydrogen) atoms. The Bertz CT molecular complexity index is 1230. The largest absolute Gasteiger partial charge is 0.325 e. The van der Waals surface area contributed by atoms with Gasteiger partial charge in [-0.15, -0.1) is 21.5 Å². The Kier molecular flexibility index (Phi) is 6.46. The highest BCUT2D eigenvalue weighted by Crippen LogP contribution is 2.38. The predicted octanol–water partition coefficient (Wildman–Crippen LogP) is 6.21. The first kappa shape index (κ1) is 21.6. The second kappa shape index (κ2) is 9.26. The number of carbonyl (C=O) groups excluding carboxylic acids is 1. The fourth-order valence-electron chi connectivity index (χ4n) is 3.30. The molecule has 0 saturated heterocycles. The standard InChI is InChI=1S/C23H21ClN4OS2/c1-14-9-10-17(24)11-19(14)25-20(29)13-31-23-27-26-22(28(23)3)18-12-30-15(2)21(18)16-7-5-4-6-8-16/h4-12H,13H2,1-3H3,(H,25,29). The molecule has 0 aliphatic rings. The van der Waals surface area contributed by atoms with Gasteiger partial charge in [0.15, 0.2) is 11.0 Å². The Balaban J connectivity index is 1.51. The van der Waals surface area contributed by atoms with Gasteiger partial charge in [0.25, 0.3) is 0 Å². The Labute approximate surface area is 194 Å². The third kappa shape index (κ3) is 4.69. The summed E-state index contributed by atoms with van der Waals surface area (Å²) in [7, 11) is 1.93. The maximum atomic E-state index is 12.4. The summed E-state index contributed by atoms with van der Waals surface area (Å²) in [5.74, 6) is 0.902. The number of aromatic nitrogens is 3. The maximum Gasteiger partial charge on any atom is 0.234 e. The van der Waals surface area contributed by atoms with Crippen LogP contribution in [0.4, 0.5) is 5.69 Å². The summed E-state index contributed by atoms with van der Waals surface area (Å²) in [6, 6.07) is 15.7. The van der Waals surface area contributed by atoms with E-state index >= 15 is 0 Å². The monoisotopic (exact) mass is 468 g/mol. The molecule has 1 amide bonds. The average Bonchev–Trinajstić information content (AvgIpc) is 3.32. The number of benzene rings is 2. The summed E-state index contributed by atoms with van der Waals surface area (Å²) in [4.78, 5) is 13.7. The third-order valence-electron chi connectivity index (χ3n) is 4.92. The van der Waals surface area contributed by atoms with Gasteiger partial charge in [0, 0.05) is 39.1 Å². The number of anilines is 1. The topological polar surface area (TPSA) is 59.8 Å². The van der Waals surface area contributed by atoms with E-state index in [1.807, 2.05) is 42.8 Å². The molecule has 0 fully saturated rings. The number of halogens is 1. The fraction of sp³-hybridized carbons (Fsp3) is 0.174. The first-order valence-electron chi connectivity index (χ1n) is 9.66. The Hall–Kier alpha value is -2.61. The molecule has 0 spiro atoms. The minimum Gasteiger partial charge on any atom is -0.325 e. The van der Waals surface area contributed by atoms with Gasteiger partial charge in [-0.3, -0.25) is 4.79 Å². The van der Waals surface area contributed by atoms with Gasteiger partial charge in [0.1, 0.15) is 0 Å². The minimum atomic E-state index is -0.115. The molecule has 2 heterocycles. The van der Waals surface area contributed by atoms with Crippen molar-refractivity contribution in [2.75, 3.05) is 11.1 Å². The lowest BCUT2D eigenvalue weighted by atomic mass is 10.0. The van der Waals surface area contributed by atoms with Gasteiger partial charge in [-0.05, 0) is 37.1 Å². The van der Waals surface area contributed by atoms with E-state index in [-0.39, 0.29) is 11.7 Å². The summed E-state index contributed by atoms with van der Waals surface area (Å²) in [5, 5.41) is 15.1. The normalized spacial score (nSPS) is 11.0. The lowest BCUT2D eigenvalue weighted by Crippen LogP contribution is -2.15. The highest BCUT2D eigenvalue weighted by atomic mass is 35.5. The van der Waals surface area contributed by atoms with Gasteiger partial charge in [-0.2, -0.15) is 0 Å². The molecular formula is C23H21ClN4OS2. The summed E-state index contributed by atoms with van der Waals surface area (Å²) >= 11 is 9.09. The molecule has 0 radical (unpaired) electrons. The van der Waals surface area contributed by atoms with Crippen LogP contribution in [0.1, 0.15) is 10.4 Å². The van der Waals surface area contributed by atoms with E-state index < -0.39 is 0 Å². The van der Waals surface area contributed by atoms with Crippen LogP contribution in [0.2, 0.25) is 5.02 Å². The number of amides is 1. The maximum absolute atomic E-state index is 12.4. The van der Waals surface area contributed by atoms with Crippen molar-refractivity contribution in [3.63, 3.8) is 0 Å². The van der Waals surface area contributed by atoms with Crippen molar-refractivity contribution in [1.29, 1.82) is 0 Å². The zero-order valence-corrected chi connectivity index (χ0v) is 19.7. The molecular weight excluding hydrogens is 448 g/mol. The molecule has 158 valence electrons. The van der Waals surface area contributed by atoms with E-state index in [1.165, 1.54) is 22.2 Å². The van der Waals surface area contributed by atoms with Crippen molar-refractivity contribution in [2.45, 2.75) is 19.0 Å². The molecule has 0 atom stereocenters. The first-order valence-corrected chi connectivity index (χ1v) is 11.9. The number of rotatable bonds is 6. The van der Waals surface area contributed by atoms with Crippen molar-refractivity contribution in [3.8, 4) is 22.5 Å². The molecule has 5 nitrogen and oxygen atoms in total. The average molecular weight is 469 g/mol. The number of nitrogens with zero attached hydrogens (tertiary/aromatic N) is 3. The summed E-state index contributed by atoms with van der Waals surface area (Å²) in [6.45, 7) is 4.05. The van der Waals surface area contributed by atoms with Crippen LogP contribution >= 0.6 is 34.7 Å². The van der Waals surface area contributed by atoms with Crippen LogP contribution in [0.15, 0.2) is 59.1 Å².